The molecule has 188 valence electrons. The first-order valence-corrected chi connectivity index (χ1v) is 12.8. The third-order valence-electron chi connectivity index (χ3n) is 7.08. The van der Waals surface area contributed by atoms with Crippen LogP contribution in [0.25, 0.3) is 28.1 Å². The van der Waals surface area contributed by atoms with Crippen LogP contribution in [0.4, 0.5) is 5.69 Å². The van der Waals surface area contributed by atoms with E-state index in [0.717, 1.165) is 64.5 Å². The maximum Gasteiger partial charge on any atom is 0.330 e. The summed E-state index contributed by atoms with van der Waals surface area (Å²) in [5.41, 5.74) is 5.99. The SMILES string of the molecule is COC(=O)/C=C/c1cccc(N(Cc2ccc(-c3ccc4[nH]ncc4c3)cc2)C(=O)C2CCCCC2)c1. The summed E-state index contributed by atoms with van der Waals surface area (Å²) in [6.45, 7) is 0.487. The van der Waals surface area contributed by atoms with Gasteiger partial charge < -0.3 is 9.64 Å². The highest BCUT2D eigenvalue weighted by atomic mass is 16.5. The average molecular weight is 494 g/mol. The molecule has 1 saturated carbocycles. The van der Waals surface area contributed by atoms with Crippen LogP contribution >= 0.6 is 0 Å². The van der Waals surface area contributed by atoms with Crippen molar-refractivity contribution in [2.24, 2.45) is 5.92 Å². The van der Waals surface area contributed by atoms with Gasteiger partial charge >= 0.3 is 5.97 Å². The second-order valence-corrected chi connectivity index (χ2v) is 9.58. The molecular formula is C31H31N3O3. The molecule has 1 amide bonds. The lowest BCUT2D eigenvalue weighted by Gasteiger charge is -2.30. The van der Waals surface area contributed by atoms with E-state index in [-0.39, 0.29) is 11.8 Å². The lowest BCUT2D eigenvalue weighted by atomic mass is 9.88. The summed E-state index contributed by atoms with van der Waals surface area (Å²) in [4.78, 5) is 27.2. The summed E-state index contributed by atoms with van der Waals surface area (Å²) in [5, 5.41) is 8.17. The number of nitrogens with zero attached hydrogens (tertiary/aromatic N) is 2. The van der Waals surface area contributed by atoms with E-state index in [1.807, 2.05) is 41.4 Å². The minimum absolute atomic E-state index is 0.0454. The number of carbonyl (C=O) groups is 2. The van der Waals surface area contributed by atoms with Crippen LogP contribution in [-0.2, 0) is 20.9 Å². The molecule has 1 aliphatic rings. The van der Waals surface area contributed by atoms with E-state index < -0.39 is 5.97 Å². The Bertz CT molecular complexity index is 1420. The number of benzene rings is 3. The number of aromatic nitrogens is 2. The molecule has 4 aromatic rings. The van der Waals surface area contributed by atoms with Crippen LogP contribution in [0, 0.1) is 5.92 Å². The minimum Gasteiger partial charge on any atom is -0.466 e. The second-order valence-electron chi connectivity index (χ2n) is 9.58. The standard InChI is InChI=1S/C31H31N3O3/c1-37-30(35)17-12-22-6-5-9-28(18-22)34(31(36)25-7-3-2-4-8-25)21-23-10-13-24(14-11-23)26-15-16-29-27(19-26)20-32-33-29/h5-6,9-20,25H,2-4,7-8,21H2,1H3,(H,32,33)/b17-12+. The Hall–Kier alpha value is -4.19. The number of methoxy groups -OCH3 is 1. The maximum absolute atomic E-state index is 13.7. The maximum atomic E-state index is 13.7. The summed E-state index contributed by atoms with van der Waals surface area (Å²) < 4.78 is 4.71. The van der Waals surface area contributed by atoms with E-state index in [9.17, 15) is 9.59 Å². The first-order chi connectivity index (χ1) is 18.1. The number of hydrogen-bond donors (Lipinski definition) is 1. The number of hydrogen-bond acceptors (Lipinski definition) is 4. The number of esters is 1. The summed E-state index contributed by atoms with van der Waals surface area (Å²) in [7, 11) is 1.36. The van der Waals surface area contributed by atoms with Gasteiger partial charge in [0, 0.05) is 23.1 Å². The molecule has 1 N–H and O–H groups in total. The van der Waals surface area contributed by atoms with Crippen molar-refractivity contribution >= 4 is 34.5 Å². The van der Waals surface area contributed by atoms with Crippen LogP contribution in [0.3, 0.4) is 0 Å². The molecule has 0 unspecified atom stereocenters. The number of anilines is 1. The molecular weight excluding hydrogens is 462 g/mol. The highest BCUT2D eigenvalue weighted by molar-refractivity contribution is 5.95. The van der Waals surface area contributed by atoms with Gasteiger partial charge in [0.1, 0.15) is 0 Å². The Labute approximate surface area is 217 Å². The number of carbonyl (C=O) groups excluding carboxylic acids is 2. The molecule has 0 aliphatic heterocycles. The van der Waals surface area contributed by atoms with Crippen molar-refractivity contribution in [3.63, 3.8) is 0 Å². The van der Waals surface area contributed by atoms with Crippen molar-refractivity contribution in [2.45, 2.75) is 38.6 Å². The fourth-order valence-corrected chi connectivity index (χ4v) is 5.00. The van der Waals surface area contributed by atoms with Gasteiger partial charge in [-0.2, -0.15) is 5.10 Å². The predicted molar refractivity (Wildman–Crippen MR) is 147 cm³/mol. The lowest BCUT2D eigenvalue weighted by Crippen LogP contribution is -2.36. The molecule has 5 rings (SSSR count). The molecule has 1 aliphatic carbocycles. The molecule has 1 heterocycles. The highest BCUT2D eigenvalue weighted by Gasteiger charge is 2.27. The van der Waals surface area contributed by atoms with E-state index in [1.54, 1.807) is 6.08 Å². The smallest absolute Gasteiger partial charge is 0.330 e. The Kier molecular flexibility index (Phi) is 7.45. The van der Waals surface area contributed by atoms with Crippen LogP contribution in [0.1, 0.15) is 43.2 Å². The van der Waals surface area contributed by atoms with Gasteiger partial charge in [-0.3, -0.25) is 9.89 Å². The number of aromatic amines is 1. The number of fused-ring (bicyclic) bond motifs is 1. The van der Waals surface area contributed by atoms with E-state index >= 15 is 0 Å². The molecule has 0 spiro atoms. The normalized spacial score (nSPS) is 14.2. The minimum atomic E-state index is -0.410. The topological polar surface area (TPSA) is 75.3 Å². The summed E-state index contributed by atoms with van der Waals surface area (Å²) in [6, 6.07) is 22.4. The van der Waals surface area contributed by atoms with Crippen molar-refractivity contribution in [2.75, 3.05) is 12.0 Å². The molecule has 0 radical (unpaired) electrons. The molecule has 0 bridgehead atoms. The zero-order chi connectivity index (χ0) is 25.6. The van der Waals surface area contributed by atoms with Gasteiger partial charge in [-0.05, 0) is 65.4 Å². The number of rotatable bonds is 7. The monoisotopic (exact) mass is 493 g/mol. The van der Waals surface area contributed by atoms with Gasteiger partial charge in [0.2, 0.25) is 5.91 Å². The number of H-pyrrole nitrogens is 1. The Morgan fingerprint density at radius 1 is 1.00 bits per heavy atom. The van der Waals surface area contributed by atoms with Crippen molar-refractivity contribution in [3.8, 4) is 11.1 Å². The van der Waals surface area contributed by atoms with Gasteiger partial charge in [-0.25, -0.2) is 4.79 Å². The highest BCUT2D eigenvalue weighted by Crippen LogP contribution is 2.30. The fraction of sp³-hybridized carbons (Fsp3) is 0.258. The molecule has 37 heavy (non-hydrogen) atoms. The molecule has 0 saturated heterocycles. The average Bonchev–Trinajstić information content (AvgIpc) is 3.43. The van der Waals surface area contributed by atoms with Gasteiger partial charge in [-0.1, -0.05) is 61.7 Å². The van der Waals surface area contributed by atoms with Crippen LogP contribution < -0.4 is 4.90 Å². The first-order valence-electron chi connectivity index (χ1n) is 12.8. The van der Waals surface area contributed by atoms with Gasteiger partial charge in [0.05, 0.1) is 25.4 Å². The quantitative estimate of drug-likeness (QED) is 0.235. The predicted octanol–water partition coefficient (Wildman–Crippen LogP) is 6.53. The Morgan fingerprint density at radius 2 is 1.78 bits per heavy atom. The molecule has 1 fully saturated rings. The van der Waals surface area contributed by atoms with Crippen LogP contribution in [0.2, 0.25) is 0 Å². The third kappa shape index (κ3) is 5.80. The fourth-order valence-electron chi connectivity index (χ4n) is 5.00. The van der Waals surface area contributed by atoms with E-state index in [4.69, 9.17) is 4.74 Å². The van der Waals surface area contributed by atoms with Gasteiger partial charge in [0.15, 0.2) is 0 Å². The zero-order valence-electron chi connectivity index (χ0n) is 21.0. The van der Waals surface area contributed by atoms with Crippen molar-refractivity contribution < 1.29 is 14.3 Å². The zero-order valence-corrected chi connectivity index (χ0v) is 21.0. The summed E-state index contributed by atoms with van der Waals surface area (Å²) in [5.74, 6) is -0.195. The second kappa shape index (κ2) is 11.2. The van der Waals surface area contributed by atoms with Crippen LogP contribution in [0.15, 0.2) is 79.0 Å². The summed E-state index contributed by atoms with van der Waals surface area (Å²) in [6.07, 6.45) is 10.2. The van der Waals surface area contributed by atoms with E-state index in [2.05, 4.69) is 46.6 Å². The molecule has 1 aromatic heterocycles. The molecule has 6 heteroatoms. The summed E-state index contributed by atoms with van der Waals surface area (Å²) >= 11 is 0. The molecule has 3 aromatic carbocycles. The van der Waals surface area contributed by atoms with E-state index in [1.165, 1.54) is 19.6 Å². The van der Waals surface area contributed by atoms with E-state index in [0.29, 0.717) is 6.54 Å². The number of amides is 1. The number of ether oxygens (including phenoxy) is 1. The van der Waals surface area contributed by atoms with Gasteiger partial charge in [-0.15, -0.1) is 0 Å². The van der Waals surface area contributed by atoms with Crippen molar-refractivity contribution in [3.05, 3.63) is 90.1 Å². The molecule has 6 nitrogen and oxygen atoms in total. The lowest BCUT2D eigenvalue weighted by molar-refractivity contribution is -0.134. The van der Waals surface area contributed by atoms with Crippen LogP contribution in [0.5, 0.6) is 0 Å². The number of nitrogens with one attached hydrogen (secondary N) is 1. The molecule has 0 atom stereocenters. The van der Waals surface area contributed by atoms with Crippen molar-refractivity contribution in [1.29, 1.82) is 0 Å². The third-order valence-corrected chi connectivity index (χ3v) is 7.08. The Balaban J connectivity index is 1.41. The van der Waals surface area contributed by atoms with Crippen molar-refractivity contribution in [1.82, 2.24) is 10.2 Å². The largest absolute Gasteiger partial charge is 0.466 e. The van der Waals surface area contributed by atoms with Crippen LogP contribution in [-0.4, -0.2) is 29.2 Å². The van der Waals surface area contributed by atoms with Gasteiger partial charge in [0.25, 0.3) is 0 Å². The Morgan fingerprint density at radius 3 is 2.57 bits per heavy atom. The first kappa shape index (κ1) is 24.5.